The number of nitrogens with zero attached hydrogens (tertiary/aromatic N) is 2. The van der Waals surface area contributed by atoms with Gasteiger partial charge in [0.05, 0.1) is 16.0 Å². The fourth-order valence-corrected chi connectivity index (χ4v) is 5.60. The van der Waals surface area contributed by atoms with Crippen molar-refractivity contribution in [1.82, 2.24) is 0 Å². The maximum atomic E-state index is 11.4. The van der Waals surface area contributed by atoms with E-state index < -0.39 is 16.1 Å². The Hall–Kier alpha value is -3.02. The van der Waals surface area contributed by atoms with E-state index in [9.17, 15) is 10.1 Å². The van der Waals surface area contributed by atoms with Gasteiger partial charge in [0.15, 0.2) is 0 Å². The summed E-state index contributed by atoms with van der Waals surface area (Å²) in [7, 11) is 2.00. The van der Waals surface area contributed by atoms with Gasteiger partial charge in [-0.1, -0.05) is 71.7 Å². The van der Waals surface area contributed by atoms with Crippen molar-refractivity contribution in [2.45, 2.75) is 25.0 Å². The molecule has 5 nitrogen and oxygen atoms in total. The van der Waals surface area contributed by atoms with Crippen LogP contribution in [-0.2, 0) is 5.41 Å². The van der Waals surface area contributed by atoms with Crippen molar-refractivity contribution in [2.24, 2.45) is 0 Å². The van der Waals surface area contributed by atoms with Gasteiger partial charge in [-0.05, 0) is 37.1 Å². The summed E-state index contributed by atoms with van der Waals surface area (Å²) in [6, 6.07) is 18.0. The standard InChI is InChI=1S/C25H20Cl2N2O3/c1-24(2)18-11-7-10-16(15-8-5-4-6-9-15)22(18)28(3)25(24)13-12-17-20(32-25)14-19(26)23(21(17)27)29(30)31/h4-14H,1-3H3. The number of anilines is 1. The van der Waals surface area contributed by atoms with E-state index in [0.29, 0.717) is 11.3 Å². The van der Waals surface area contributed by atoms with E-state index in [2.05, 4.69) is 49.1 Å². The molecular formula is C25H20Cl2N2O3. The Morgan fingerprint density at radius 2 is 1.78 bits per heavy atom. The number of halogens is 2. The Morgan fingerprint density at radius 1 is 1.06 bits per heavy atom. The lowest BCUT2D eigenvalue weighted by Crippen LogP contribution is -2.58. The van der Waals surface area contributed by atoms with Crippen molar-refractivity contribution in [3.05, 3.63) is 92.0 Å². The number of benzene rings is 3. The van der Waals surface area contributed by atoms with Crippen LogP contribution in [0.2, 0.25) is 10.0 Å². The van der Waals surface area contributed by atoms with Gasteiger partial charge in [0, 0.05) is 24.2 Å². The zero-order chi connectivity index (χ0) is 22.8. The largest absolute Gasteiger partial charge is 0.463 e. The van der Waals surface area contributed by atoms with E-state index in [0.717, 1.165) is 22.4 Å². The summed E-state index contributed by atoms with van der Waals surface area (Å²) in [6.45, 7) is 4.27. The second kappa shape index (κ2) is 6.99. The Labute approximate surface area is 196 Å². The van der Waals surface area contributed by atoms with Crippen molar-refractivity contribution in [2.75, 3.05) is 11.9 Å². The van der Waals surface area contributed by atoms with Crippen molar-refractivity contribution in [3.63, 3.8) is 0 Å². The van der Waals surface area contributed by atoms with Gasteiger partial charge in [-0.25, -0.2) is 0 Å². The molecule has 0 radical (unpaired) electrons. The summed E-state index contributed by atoms with van der Waals surface area (Å²) in [5, 5.41) is 11.3. The number of ether oxygens (including phenoxy) is 1. The molecule has 32 heavy (non-hydrogen) atoms. The highest BCUT2D eigenvalue weighted by Crippen LogP contribution is 2.57. The third-order valence-corrected chi connectivity index (χ3v) is 7.31. The second-order valence-electron chi connectivity index (χ2n) is 8.57. The molecule has 0 saturated carbocycles. The lowest BCUT2D eigenvalue weighted by Gasteiger charge is -2.46. The molecule has 2 aliphatic rings. The van der Waals surface area contributed by atoms with E-state index in [1.54, 1.807) is 6.08 Å². The molecule has 7 heteroatoms. The topological polar surface area (TPSA) is 55.6 Å². The number of para-hydroxylation sites is 1. The van der Waals surface area contributed by atoms with Crippen LogP contribution in [0.3, 0.4) is 0 Å². The summed E-state index contributed by atoms with van der Waals surface area (Å²) >= 11 is 12.6. The van der Waals surface area contributed by atoms with E-state index in [1.165, 1.54) is 6.07 Å². The molecule has 0 saturated heterocycles. The average Bonchev–Trinajstić information content (AvgIpc) is 2.92. The molecule has 2 heterocycles. The highest BCUT2D eigenvalue weighted by molar-refractivity contribution is 6.39. The first kappa shape index (κ1) is 20.9. The maximum absolute atomic E-state index is 11.4. The number of hydrogen-bond acceptors (Lipinski definition) is 4. The van der Waals surface area contributed by atoms with Crippen LogP contribution in [0, 0.1) is 10.1 Å². The Bertz CT molecular complexity index is 1300. The van der Waals surface area contributed by atoms with Crippen molar-refractivity contribution in [3.8, 4) is 16.9 Å². The number of rotatable bonds is 2. The number of nitro benzene ring substituents is 1. The summed E-state index contributed by atoms with van der Waals surface area (Å²) in [5.74, 6) is 0.419. The van der Waals surface area contributed by atoms with Crippen LogP contribution >= 0.6 is 23.2 Å². The van der Waals surface area contributed by atoms with E-state index >= 15 is 0 Å². The molecule has 0 fully saturated rings. The van der Waals surface area contributed by atoms with Crippen LogP contribution < -0.4 is 9.64 Å². The number of fused-ring (bicyclic) bond motifs is 2. The molecule has 0 amide bonds. The van der Waals surface area contributed by atoms with Gasteiger partial charge >= 0.3 is 5.69 Å². The lowest BCUT2D eigenvalue weighted by molar-refractivity contribution is -0.384. The normalized spacial score (nSPS) is 20.1. The van der Waals surface area contributed by atoms with Gasteiger partial charge in [-0.15, -0.1) is 0 Å². The Kier molecular flexibility index (Phi) is 4.56. The van der Waals surface area contributed by atoms with Gasteiger partial charge in [-0.3, -0.25) is 10.1 Å². The quantitative estimate of drug-likeness (QED) is 0.298. The van der Waals surface area contributed by atoms with Gasteiger partial charge in [0.2, 0.25) is 5.72 Å². The van der Waals surface area contributed by atoms with Gasteiger partial charge in [-0.2, -0.15) is 0 Å². The predicted octanol–water partition coefficient (Wildman–Crippen LogP) is 7.10. The van der Waals surface area contributed by atoms with E-state index in [1.807, 2.05) is 31.3 Å². The first-order valence-corrected chi connectivity index (χ1v) is 10.9. The molecule has 1 atom stereocenters. The highest BCUT2D eigenvalue weighted by Gasteiger charge is 2.58. The minimum absolute atomic E-state index is 0.0236. The van der Waals surface area contributed by atoms with Crippen molar-refractivity contribution >= 4 is 40.7 Å². The third kappa shape index (κ3) is 2.64. The second-order valence-corrected chi connectivity index (χ2v) is 9.36. The SMILES string of the molecule is CN1c2c(-c3ccccc3)cccc2C(C)(C)C12C=Cc1c(cc(Cl)c([N+](=O)[O-])c1Cl)O2. The first-order chi connectivity index (χ1) is 15.2. The van der Waals surface area contributed by atoms with E-state index in [-0.39, 0.29) is 15.7 Å². The fourth-order valence-electron chi connectivity index (χ4n) is 4.96. The van der Waals surface area contributed by atoms with Gasteiger partial charge in [0.1, 0.15) is 15.8 Å². The van der Waals surface area contributed by atoms with Crippen LogP contribution in [0.4, 0.5) is 11.4 Å². The smallest absolute Gasteiger partial charge is 0.307 e. The molecule has 0 aromatic heterocycles. The third-order valence-electron chi connectivity index (χ3n) is 6.64. The molecule has 5 rings (SSSR count). The molecule has 0 aliphatic carbocycles. The number of nitro groups is 1. The molecule has 0 N–H and O–H groups in total. The molecule has 1 spiro atoms. The molecule has 3 aromatic rings. The van der Waals surface area contributed by atoms with Crippen LogP contribution in [0.15, 0.2) is 60.7 Å². The summed E-state index contributed by atoms with van der Waals surface area (Å²) < 4.78 is 6.63. The Morgan fingerprint density at radius 3 is 2.47 bits per heavy atom. The summed E-state index contributed by atoms with van der Waals surface area (Å²) in [5.41, 5.74) is 3.28. The molecule has 0 bridgehead atoms. The maximum Gasteiger partial charge on any atom is 0.307 e. The molecular weight excluding hydrogens is 447 g/mol. The monoisotopic (exact) mass is 466 g/mol. The zero-order valence-electron chi connectivity index (χ0n) is 17.7. The molecule has 1 unspecified atom stereocenters. The van der Waals surface area contributed by atoms with Crippen LogP contribution in [0.5, 0.6) is 5.75 Å². The average molecular weight is 467 g/mol. The molecule has 2 aliphatic heterocycles. The van der Waals surface area contributed by atoms with Gasteiger partial charge < -0.3 is 9.64 Å². The summed E-state index contributed by atoms with van der Waals surface area (Å²) in [6.07, 6.45) is 3.74. The Balaban J connectivity index is 1.70. The molecule has 162 valence electrons. The van der Waals surface area contributed by atoms with Crippen LogP contribution in [0.25, 0.3) is 17.2 Å². The van der Waals surface area contributed by atoms with Gasteiger partial charge in [0.25, 0.3) is 0 Å². The predicted molar refractivity (Wildman–Crippen MR) is 129 cm³/mol. The first-order valence-electron chi connectivity index (χ1n) is 10.2. The van der Waals surface area contributed by atoms with Crippen LogP contribution in [0.1, 0.15) is 25.0 Å². The minimum Gasteiger partial charge on any atom is -0.463 e. The highest BCUT2D eigenvalue weighted by atomic mass is 35.5. The van der Waals surface area contributed by atoms with E-state index in [4.69, 9.17) is 27.9 Å². The number of likely N-dealkylation sites (N-methyl/N-ethyl adjacent to an activating group) is 1. The fraction of sp³-hybridized carbons (Fsp3) is 0.200. The van der Waals surface area contributed by atoms with Crippen molar-refractivity contribution < 1.29 is 9.66 Å². The number of hydrogen-bond donors (Lipinski definition) is 0. The summed E-state index contributed by atoms with van der Waals surface area (Å²) in [4.78, 5) is 13.0. The lowest BCUT2D eigenvalue weighted by atomic mass is 9.76. The van der Waals surface area contributed by atoms with Crippen molar-refractivity contribution in [1.29, 1.82) is 0 Å². The molecule has 3 aromatic carbocycles. The van der Waals surface area contributed by atoms with Crippen LogP contribution in [-0.4, -0.2) is 17.7 Å². The minimum atomic E-state index is -0.865. The zero-order valence-corrected chi connectivity index (χ0v) is 19.2.